The zero-order valence-corrected chi connectivity index (χ0v) is 13.5. The van der Waals surface area contributed by atoms with Crippen LogP contribution in [0.3, 0.4) is 0 Å². The van der Waals surface area contributed by atoms with Gasteiger partial charge >= 0.3 is 6.18 Å². The first-order chi connectivity index (χ1) is 11.9. The summed E-state index contributed by atoms with van der Waals surface area (Å²) >= 11 is 0. The molecule has 128 valence electrons. The lowest BCUT2D eigenvalue weighted by Crippen LogP contribution is -2.07. The molecule has 1 aromatic heterocycles. The Morgan fingerprint density at radius 3 is 2.52 bits per heavy atom. The Balaban J connectivity index is 1.75. The molecule has 2 aromatic carbocycles. The van der Waals surface area contributed by atoms with Gasteiger partial charge in [-0.25, -0.2) is 9.97 Å². The van der Waals surface area contributed by atoms with Crippen molar-refractivity contribution in [2.45, 2.75) is 19.6 Å². The highest BCUT2D eigenvalue weighted by molar-refractivity contribution is 5.62. The number of nitrogens with one attached hydrogen (secondary N) is 1. The van der Waals surface area contributed by atoms with Crippen LogP contribution in [0, 0.1) is 6.92 Å². The topological polar surface area (TPSA) is 37.8 Å². The summed E-state index contributed by atoms with van der Waals surface area (Å²) in [5.74, 6) is 0.559. The predicted molar refractivity (Wildman–Crippen MR) is 91.0 cm³/mol. The zero-order valence-electron chi connectivity index (χ0n) is 13.5. The molecule has 25 heavy (non-hydrogen) atoms. The van der Waals surface area contributed by atoms with Gasteiger partial charge in [0.25, 0.3) is 0 Å². The van der Waals surface area contributed by atoms with E-state index in [2.05, 4.69) is 15.3 Å². The summed E-state index contributed by atoms with van der Waals surface area (Å²) in [7, 11) is 0. The van der Waals surface area contributed by atoms with Gasteiger partial charge in [-0.3, -0.25) is 0 Å². The Morgan fingerprint density at radius 2 is 1.76 bits per heavy atom. The third-order valence-corrected chi connectivity index (χ3v) is 3.71. The van der Waals surface area contributed by atoms with Gasteiger partial charge in [-0.2, -0.15) is 13.2 Å². The summed E-state index contributed by atoms with van der Waals surface area (Å²) in [4.78, 5) is 8.38. The number of anilines is 1. The summed E-state index contributed by atoms with van der Waals surface area (Å²) in [6.07, 6.45) is -2.91. The first-order valence-electron chi connectivity index (χ1n) is 7.71. The molecule has 0 aliphatic heterocycles. The number of benzene rings is 2. The fourth-order valence-corrected chi connectivity index (χ4v) is 2.47. The Bertz CT molecular complexity index is 876. The van der Waals surface area contributed by atoms with Crippen LogP contribution in [0.15, 0.2) is 60.9 Å². The number of hydrogen-bond acceptors (Lipinski definition) is 3. The summed E-state index contributed by atoms with van der Waals surface area (Å²) in [6.45, 7) is 2.24. The Morgan fingerprint density at radius 1 is 0.960 bits per heavy atom. The van der Waals surface area contributed by atoms with Gasteiger partial charge in [-0.05, 0) is 30.7 Å². The highest BCUT2D eigenvalue weighted by Crippen LogP contribution is 2.29. The third-order valence-electron chi connectivity index (χ3n) is 3.71. The van der Waals surface area contributed by atoms with Crippen molar-refractivity contribution in [2.24, 2.45) is 0 Å². The molecule has 1 N–H and O–H groups in total. The minimum Gasteiger partial charge on any atom is -0.366 e. The van der Waals surface area contributed by atoms with Crippen molar-refractivity contribution >= 4 is 5.82 Å². The highest BCUT2D eigenvalue weighted by atomic mass is 19.4. The van der Waals surface area contributed by atoms with Crippen LogP contribution in [0.1, 0.15) is 16.7 Å². The number of aromatic nitrogens is 2. The van der Waals surface area contributed by atoms with Crippen LogP contribution in [0.25, 0.3) is 11.3 Å². The van der Waals surface area contributed by atoms with E-state index in [1.165, 1.54) is 12.4 Å². The van der Waals surface area contributed by atoms with Gasteiger partial charge in [-0.1, -0.05) is 35.9 Å². The molecule has 0 saturated carbocycles. The number of aryl methyl sites for hydroxylation is 1. The fraction of sp³-hybridized carbons (Fsp3) is 0.158. The summed E-state index contributed by atoms with van der Waals surface area (Å²) in [5.41, 5.74) is 2.71. The maximum atomic E-state index is 12.8. The minimum absolute atomic E-state index is 0.244. The van der Waals surface area contributed by atoms with Crippen LogP contribution in [0.5, 0.6) is 0 Å². The second-order valence-electron chi connectivity index (χ2n) is 5.71. The summed E-state index contributed by atoms with van der Waals surface area (Å²) in [5, 5.41) is 3.05. The Labute approximate surface area is 143 Å². The molecule has 0 radical (unpaired) electrons. The smallest absolute Gasteiger partial charge is 0.366 e. The van der Waals surface area contributed by atoms with Gasteiger partial charge in [0.1, 0.15) is 12.1 Å². The van der Waals surface area contributed by atoms with Crippen molar-refractivity contribution in [3.05, 3.63) is 77.6 Å². The number of halogens is 3. The summed E-state index contributed by atoms with van der Waals surface area (Å²) in [6, 6.07) is 14.9. The minimum atomic E-state index is -4.34. The number of nitrogens with zero attached hydrogens (tertiary/aromatic N) is 2. The van der Waals surface area contributed by atoms with Gasteiger partial charge in [-0.15, -0.1) is 0 Å². The van der Waals surface area contributed by atoms with Crippen molar-refractivity contribution in [3.8, 4) is 11.3 Å². The second-order valence-corrected chi connectivity index (χ2v) is 5.71. The van der Waals surface area contributed by atoms with E-state index in [1.807, 2.05) is 31.2 Å². The fourth-order valence-electron chi connectivity index (χ4n) is 2.47. The number of rotatable bonds is 4. The van der Waals surface area contributed by atoms with Crippen LogP contribution in [-0.2, 0) is 12.7 Å². The average Bonchev–Trinajstić information content (AvgIpc) is 2.60. The Hall–Kier alpha value is -2.89. The molecule has 0 bridgehead atoms. The van der Waals surface area contributed by atoms with Crippen molar-refractivity contribution < 1.29 is 13.2 Å². The van der Waals surface area contributed by atoms with E-state index in [1.54, 1.807) is 12.1 Å². The molecule has 0 aliphatic carbocycles. The molecular formula is C19H16F3N3. The van der Waals surface area contributed by atoms with Gasteiger partial charge in [0.15, 0.2) is 0 Å². The molecule has 0 amide bonds. The Kier molecular flexibility index (Phi) is 4.70. The monoisotopic (exact) mass is 343 g/mol. The molecule has 0 fully saturated rings. The average molecular weight is 343 g/mol. The van der Waals surface area contributed by atoms with E-state index in [0.717, 1.165) is 29.0 Å². The normalized spacial score (nSPS) is 11.4. The molecular weight excluding hydrogens is 327 g/mol. The zero-order chi connectivity index (χ0) is 17.9. The van der Waals surface area contributed by atoms with Gasteiger partial charge < -0.3 is 5.32 Å². The standard InChI is InChI=1S/C19H16F3N3/c1-13-4-2-6-15(8-13)17-10-18(25-12-24-17)23-11-14-5-3-7-16(9-14)19(20,21)22/h2-10,12H,11H2,1H3,(H,23,24,25). The molecule has 6 heteroatoms. The third kappa shape index (κ3) is 4.35. The van der Waals surface area contributed by atoms with Crippen LogP contribution < -0.4 is 5.32 Å². The largest absolute Gasteiger partial charge is 0.416 e. The quantitative estimate of drug-likeness (QED) is 0.717. The lowest BCUT2D eigenvalue weighted by molar-refractivity contribution is -0.137. The number of hydrogen-bond donors (Lipinski definition) is 1. The van der Waals surface area contributed by atoms with E-state index in [4.69, 9.17) is 0 Å². The van der Waals surface area contributed by atoms with Crippen LogP contribution in [-0.4, -0.2) is 9.97 Å². The van der Waals surface area contributed by atoms with E-state index in [-0.39, 0.29) is 6.54 Å². The first-order valence-corrected chi connectivity index (χ1v) is 7.71. The molecule has 0 aliphatic rings. The maximum absolute atomic E-state index is 12.8. The predicted octanol–water partition coefficient (Wildman–Crippen LogP) is 5.08. The molecule has 0 atom stereocenters. The number of alkyl halides is 3. The van der Waals surface area contributed by atoms with Crippen molar-refractivity contribution in [1.82, 2.24) is 9.97 Å². The van der Waals surface area contributed by atoms with Gasteiger partial charge in [0.05, 0.1) is 11.3 Å². The van der Waals surface area contributed by atoms with E-state index in [9.17, 15) is 13.2 Å². The van der Waals surface area contributed by atoms with Crippen molar-refractivity contribution in [1.29, 1.82) is 0 Å². The molecule has 1 heterocycles. The van der Waals surface area contributed by atoms with Crippen LogP contribution >= 0.6 is 0 Å². The van der Waals surface area contributed by atoms with Crippen molar-refractivity contribution in [2.75, 3.05) is 5.32 Å². The molecule has 0 unspecified atom stereocenters. The summed E-state index contributed by atoms with van der Waals surface area (Å²) < 4.78 is 38.3. The lowest BCUT2D eigenvalue weighted by Gasteiger charge is -2.10. The molecule has 0 spiro atoms. The maximum Gasteiger partial charge on any atom is 0.416 e. The van der Waals surface area contributed by atoms with Gasteiger partial charge in [0.2, 0.25) is 0 Å². The van der Waals surface area contributed by atoms with Crippen LogP contribution in [0.4, 0.5) is 19.0 Å². The van der Waals surface area contributed by atoms with E-state index in [0.29, 0.717) is 11.4 Å². The van der Waals surface area contributed by atoms with E-state index >= 15 is 0 Å². The first kappa shape index (κ1) is 17.0. The lowest BCUT2D eigenvalue weighted by atomic mass is 10.1. The van der Waals surface area contributed by atoms with Crippen molar-refractivity contribution in [3.63, 3.8) is 0 Å². The van der Waals surface area contributed by atoms with E-state index < -0.39 is 11.7 Å². The molecule has 3 aromatic rings. The van der Waals surface area contributed by atoms with Crippen LogP contribution in [0.2, 0.25) is 0 Å². The molecule has 0 saturated heterocycles. The van der Waals surface area contributed by atoms with Gasteiger partial charge in [0, 0.05) is 18.2 Å². The SMILES string of the molecule is Cc1cccc(-c2cc(NCc3cccc(C(F)(F)F)c3)ncn2)c1. The second kappa shape index (κ2) is 6.93. The molecule has 3 nitrogen and oxygen atoms in total. The molecule has 3 rings (SSSR count). The highest BCUT2D eigenvalue weighted by Gasteiger charge is 2.30.